The van der Waals surface area contributed by atoms with Crippen molar-refractivity contribution in [2.45, 2.75) is 32.8 Å². The zero-order chi connectivity index (χ0) is 18.2. The number of Topliss-reactive ketones (excluding diaryl/α,β-unsaturated/α-hetero) is 1. The number of hydrogen-bond acceptors (Lipinski definition) is 6. The summed E-state index contributed by atoms with van der Waals surface area (Å²) in [7, 11) is 0. The number of ether oxygens (including phenoxy) is 1. The Hall–Kier alpha value is -1.53. The molecule has 24 heavy (non-hydrogen) atoms. The predicted octanol–water partition coefficient (Wildman–Crippen LogP) is 4.57. The molecule has 1 rings (SSSR count). The first kappa shape index (κ1) is 20.5. The molecule has 1 aromatic carbocycles. The number of carbonyl (C=O) groups excluding carboxylic acids is 2. The van der Waals surface area contributed by atoms with Crippen LogP contribution in [-0.2, 0) is 9.53 Å². The number of esters is 1. The van der Waals surface area contributed by atoms with Gasteiger partial charge in [0.1, 0.15) is 15.7 Å². The van der Waals surface area contributed by atoms with Gasteiger partial charge in [-0.15, -0.1) is 23.5 Å². The van der Waals surface area contributed by atoms with Crippen LogP contribution in [0, 0.1) is 0 Å². The average molecular weight is 366 g/mol. The molecular formula is C18H23NO3S2. The predicted molar refractivity (Wildman–Crippen MR) is 104 cm³/mol. The lowest BCUT2D eigenvalue weighted by molar-refractivity contribution is -0.149. The van der Waals surface area contributed by atoms with E-state index >= 15 is 0 Å². The van der Waals surface area contributed by atoms with Crippen molar-refractivity contribution in [1.82, 2.24) is 0 Å². The third kappa shape index (κ3) is 7.36. The van der Waals surface area contributed by atoms with Crippen molar-refractivity contribution in [2.75, 3.05) is 12.5 Å². The van der Waals surface area contributed by atoms with Crippen molar-refractivity contribution in [1.29, 1.82) is 0 Å². The van der Waals surface area contributed by atoms with Crippen LogP contribution in [0.5, 0.6) is 0 Å². The van der Waals surface area contributed by atoms with Crippen molar-refractivity contribution >= 4 is 39.7 Å². The molecule has 0 aliphatic rings. The Bertz CT molecular complexity index is 625. The van der Waals surface area contributed by atoms with Crippen LogP contribution in [0.4, 0.5) is 0 Å². The summed E-state index contributed by atoms with van der Waals surface area (Å²) in [6.07, 6.45) is 5.41. The van der Waals surface area contributed by atoms with Crippen LogP contribution >= 0.6 is 23.5 Å². The molecule has 0 amide bonds. The normalized spacial score (nSPS) is 11.8. The fraction of sp³-hybridized carbons (Fsp3) is 0.389. The van der Waals surface area contributed by atoms with E-state index in [0.717, 1.165) is 4.38 Å². The maximum Gasteiger partial charge on any atom is 0.357 e. The van der Waals surface area contributed by atoms with Gasteiger partial charge in [0.15, 0.2) is 5.78 Å². The molecule has 0 atom stereocenters. The monoisotopic (exact) mass is 365 g/mol. The van der Waals surface area contributed by atoms with Crippen LogP contribution in [0.3, 0.4) is 0 Å². The van der Waals surface area contributed by atoms with E-state index in [0.29, 0.717) is 5.56 Å². The van der Waals surface area contributed by atoms with E-state index in [-0.39, 0.29) is 17.9 Å². The fourth-order valence-electron chi connectivity index (χ4n) is 1.71. The molecule has 0 radical (unpaired) electrons. The second kappa shape index (κ2) is 9.69. The van der Waals surface area contributed by atoms with Crippen LogP contribution in [-0.4, -0.2) is 34.2 Å². The summed E-state index contributed by atoms with van der Waals surface area (Å²) < 4.78 is 6.12. The molecule has 0 heterocycles. The van der Waals surface area contributed by atoms with Gasteiger partial charge in [0, 0.05) is 12.0 Å². The molecule has 4 nitrogen and oxygen atoms in total. The van der Waals surface area contributed by atoms with E-state index in [2.05, 4.69) is 4.99 Å². The SMILES string of the molecule is CSC(=N/C(=C\CC(=O)c1ccccc1)C(=O)OC(C)(C)C)SC. The lowest BCUT2D eigenvalue weighted by atomic mass is 10.1. The van der Waals surface area contributed by atoms with Gasteiger partial charge >= 0.3 is 5.97 Å². The number of rotatable bonds is 5. The number of thioether (sulfide) groups is 2. The molecule has 0 aliphatic carbocycles. The minimum atomic E-state index is -0.617. The third-order valence-corrected chi connectivity index (χ3v) is 4.63. The fourth-order valence-corrected chi connectivity index (χ4v) is 2.76. The first-order valence-corrected chi connectivity index (χ1v) is 9.90. The van der Waals surface area contributed by atoms with Gasteiger partial charge in [-0.25, -0.2) is 9.79 Å². The van der Waals surface area contributed by atoms with E-state index in [9.17, 15) is 9.59 Å². The summed E-state index contributed by atoms with van der Waals surface area (Å²) in [6, 6.07) is 8.97. The van der Waals surface area contributed by atoms with E-state index in [4.69, 9.17) is 4.74 Å². The Morgan fingerprint density at radius 1 is 1.12 bits per heavy atom. The Kier molecular flexibility index (Phi) is 8.28. The molecule has 0 spiro atoms. The molecule has 0 fully saturated rings. The van der Waals surface area contributed by atoms with Gasteiger partial charge in [-0.3, -0.25) is 4.79 Å². The number of carbonyl (C=O) groups is 2. The minimum absolute atomic E-state index is 0.0679. The smallest absolute Gasteiger partial charge is 0.357 e. The summed E-state index contributed by atoms with van der Waals surface area (Å²) in [5, 5.41) is 0. The molecule has 0 N–H and O–H groups in total. The van der Waals surface area contributed by atoms with Crippen LogP contribution in [0.25, 0.3) is 0 Å². The van der Waals surface area contributed by atoms with Gasteiger partial charge in [0.05, 0.1) is 0 Å². The van der Waals surface area contributed by atoms with E-state index < -0.39 is 11.6 Å². The molecule has 0 unspecified atom stereocenters. The maximum absolute atomic E-state index is 12.3. The Morgan fingerprint density at radius 3 is 2.21 bits per heavy atom. The van der Waals surface area contributed by atoms with Gasteiger partial charge in [-0.1, -0.05) is 30.3 Å². The molecule has 1 aromatic rings. The molecule has 6 heteroatoms. The number of ketones is 1. The summed E-state index contributed by atoms with van der Waals surface area (Å²) in [4.78, 5) is 28.9. The number of hydrogen-bond donors (Lipinski definition) is 0. The van der Waals surface area contributed by atoms with Crippen molar-refractivity contribution in [3.8, 4) is 0 Å². The second-order valence-corrected chi connectivity index (χ2v) is 7.72. The zero-order valence-electron chi connectivity index (χ0n) is 14.7. The highest BCUT2D eigenvalue weighted by Gasteiger charge is 2.20. The highest BCUT2D eigenvalue weighted by molar-refractivity contribution is 8.38. The van der Waals surface area contributed by atoms with Gasteiger partial charge in [-0.05, 0) is 39.4 Å². The highest BCUT2D eigenvalue weighted by atomic mass is 32.2. The number of benzene rings is 1. The van der Waals surface area contributed by atoms with Crippen molar-refractivity contribution in [3.05, 3.63) is 47.7 Å². The van der Waals surface area contributed by atoms with Crippen molar-refractivity contribution in [2.24, 2.45) is 4.99 Å². The lowest BCUT2D eigenvalue weighted by Gasteiger charge is -2.19. The molecular weight excluding hydrogens is 342 g/mol. The summed E-state index contributed by atoms with van der Waals surface area (Å²) in [5.41, 5.74) is 0.151. The summed E-state index contributed by atoms with van der Waals surface area (Å²) >= 11 is 2.89. The number of aliphatic imine (C=N–C) groups is 1. The topological polar surface area (TPSA) is 55.7 Å². The van der Waals surface area contributed by atoms with Crippen LogP contribution in [0.15, 0.2) is 47.1 Å². The average Bonchev–Trinajstić information content (AvgIpc) is 2.54. The minimum Gasteiger partial charge on any atom is -0.455 e. The first-order valence-electron chi connectivity index (χ1n) is 7.45. The Balaban J connectivity index is 3.01. The lowest BCUT2D eigenvalue weighted by Crippen LogP contribution is -2.24. The van der Waals surface area contributed by atoms with E-state index in [1.165, 1.54) is 29.6 Å². The molecule has 130 valence electrons. The van der Waals surface area contributed by atoms with Gasteiger partial charge < -0.3 is 4.74 Å². The standard InChI is InChI=1S/C18H23NO3S2/c1-18(2,3)22-16(21)14(19-17(23-4)24-5)11-12-15(20)13-9-7-6-8-10-13/h6-11H,12H2,1-5H3/b14-11-. The number of nitrogens with zero attached hydrogens (tertiary/aromatic N) is 1. The maximum atomic E-state index is 12.3. The molecule has 0 saturated heterocycles. The highest BCUT2D eigenvalue weighted by Crippen LogP contribution is 2.18. The molecule has 0 bridgehead atoms. The molecule has 0 aliphatic heterocycles. The van der Waals surface area contributed by atoms with Crippen LogP contribution in [0.1, 0.15) is 37.6 Å². The molecule has 0 aromatic heterocycles. The Morgan fingerprint density at radius 2 is 1.71 bits per heavy atom. The van der Waals surface area contributed by atoms with Crippen molar-refractivity contribution < 1.29 is 14.3 Å². The summed E-state index contributed by atoms with van der Waals surface area (Å²) in [6.45, 7) is 5.39. The van der Waals surface area contributed by atoms with E-state index in [1.807, 2.05) is 30.7 Å². The zero-order valence-corrected chi connectivity index (χ0v) is 16.3. The largest absolute Gasteiger partial charge is 0.455 e. The van der Waals surface area contributed by atoms with E-state index in [1.54, 1.807) is 32.9 Å². The first-order chi connectivity index (χ1) is 11.3. The van der Waals surface area contributed by atoms with Crippen LogP contribution in [0.2, 0.25) is 0 Å². The quantitative estimate of drug-likeness (QED) is 0.252. The Labute approximate surface area is 152 Å². The second-order valence-electron chi connectivity index (χ2n) is 5.87. The van der Waals surface area contributed by atoms with Crippen LogP contribution < -0.4 is 0 Å². The summed E-state index contributed by atoms with van der Waals surface area (Å²) in [5.74, 6) is -0.592. The third-order valence-electron chi connectivity index (χ3n) is 2.75. The number of allylic oxidation sites excluding steroid dienone is 1. The van der Waals surface area contributed by atoms with Gasteiger partial charge in [0.2, 0.25) is 0 Å². The van der Waals surface area contributed by atoms with Gasteiger partial charge in [0.25, 0.3) is 0 Å². The van der Waals surface area contributed by atoms with Crippen molar-refractivity contribution in [3.63, 3.8) is 0 Å². The molecule has 0 saturated carbocycles. The van der Waals surface area contributed by atoms with Gasteiger partial charge in [-0.2, -0.15) is 0 Å².